The molecule has 0 radical (unpaired) electrons. The van der Waals surface area contributed by atoms with Crippen molar-refractivity contribution in [3.63, 3.8) is 0 Å². The number of anilines is 1. The molecule has 0 unspecified atom stereocenters. The second-order valence-electron chi connectivity index (χ2n) is 7.53. The fourth-order valence-electron chi connectivity index (χ4n) is 3.26. The lowest BCUT2D eigenvalue weighted by Gasteiger charge is -2.26. The summed E-state index contributed by atoms with van der Waals surface area (Å²) in [5.74, 6) is 0.554. The molecule has 9 heteroatoms. The van der Waals surface area contributed by atoms with Gasteiger partial charge in [0.05, 0.1) is 36.4 Å². The van der Waals surface area contributed by atoms with Crippen molar-refractivity contribution in [3.05, 3.63) is 72.6 Å². The van der Waals surface area contributed by atoms with Crippen LogP contribution in [0.5, 0.6) is 5.88 Å². The van der Waals surface area contributed by atoms with Crippen LogP contribution in [-0.4, -0.2) is 45.5 Å². The van der Waals surface area contributed by atoms with E-state index < -0.39 is 5.82 Å². The van der Waals surface area contributed by atoms with Crippen molar-refractivity contribution < 1.29 is 13.9 Å². The van der Waals surface area contributed by atoms with Gasteiger partial charge in [-0.25, -0.2) is 14.4 Å². The lowest BCUT2D eigenvalue weighted by Crippen LogP contribution is -2.45. The summed E-state index contributed by atoms with van der Waals surface area (Å²) in [5, 5.41) is 6.71. The Balaban J connectivity index is 1.36. The van der Waals surface area contributed by atoms with E-state index in [-0.39, 0.29) is 5.91 Å². The highest BCUT2D eigenvalue weighted by Gasteiger charge is 2.17. The molecule has 0 saturated carbocycles. The second-order valence-corrected chi connectivity index (χ2v) is 7.53. The maximum absolute atomic E-state index is 13.1. The molecule has 1 amide bonds. The van der Waals surface area contributed by atoms with Crippen molar-refractivity contribution in [3.8, 4) is 17.1 Å². The van der Waals surface area contributed by atoms with Crippen LogP contribution in [0, 0.1) is 11.7 Å². The number of benzene rings is 1. The zero-order valence-electron chi connectivity index (χ0n) is 17.0. The van der Waals surface area contributed by atoms with Crippen LogP contribution in [0.4, 0.5) is 10.2 Å². The third-order valence-corrected chi connectivity index (χ3v) is 5.16. The Morgan fingerprint density at radius 3 is 2.72 bits per heavy atom. The monoisotopic (exact) mass is 430 g/mol. The Kier molecular flexibility index (Phi) is 5.39. The first-order valence-corrected chi connectivity index (χ1v) is 10.1. The molecule has 160 valence electrons. The van der Waals surface area contributed by atoms with Gasteiger partial charge in [0.25, 0.3) is 5.91 Å². The first-order chi connectivity index (χ1) is 15.6. The fraction of sp³-hybridized carbons (Fsp3) is 0.174. The van der Waals surface area contributed by atoms with Crippen LogP contribution < -0.4 is 15.4 Å². The minimum atomic E-state index is -0.401. The van der Waals surface area contributed by atoms with Gasteiger partial charge in [0.2, 0.25) is 5.88 Å². The number of hydrogen-bond acceptors (Lipinski definition) is 7. The number of amides is 1. The van der Waals surface area contributed by atoms with Gasteiger partial charge in [-0.3, -0.25) is 14.8 Å². The van der Waals surface area contributed by atoms with Crippen molar-refractivity contribution in [1.29, 1.82) is 0 Å². The first-order valence-electron chi connectivity index (χ1n) is 10.1. The third-order valence-electron chi connectivity index (χ3n) is 5.16. The number of hydrogen-bond donors (Lipinski definition) is 2. The van der Waals surface area contributed by atoms with Gasteiger partial charge < -0.3 is 15.4 Å². The number of rotatable bonds is 6. The number of nitrogens with zero attached hydrogens (tertiary/aromatic N) is 4. The predicted molar refractivity (Wildman–Crippen MR) is 117 cm³/mol. The first kappa shape index (κ1) is 20.0. The Morgan fingerprint density at radius 1 is 1.09 bits per heavy atom. The summed E-state index contributed by atoms with van der Waals surface area (Å²) in [6.45, 7) is 2.51. The summed E-state index contributed by atoms with van der Waals surface area (Å²) in [7, 11) is 0. The molecule has 0 bridgehead atoms. The zero-order chi connectivity index (χ0) is 21.9. The average Bonchev–Trinajstić information content (AvgIpc) is 2.78. The zero-order valence-corrected chi connectivity index (χ0v) is 17.0. The van der Waals surface area contributed by atoms with Crippen LogP contribution in [0.25, 0.3) is 22.2 Å². The average molecular weight is 430 g/mol. The Morgan fingerprint density at radius 2 is 1.94 bits per heavy atom. The topological polar surface area (TPSA) is 102 Å². The maximum atomic E-state index is 13.1. The highest BCUT2D eigenvalue weighted by Crippen LogP contribution is 2.24. The third kappa shape index (κ3) is 4.37. The largest absolute Gasteiger partial charge is 0.476 e. The molecule has 4 heterocycles. The summed E-state index contributed by atoms with van der Waals surface area (Å²) in [5.41, 5.74) is 2.41. The molecule has 3 aromatic heterocycles. The van der Waals surface area contributed by atoms with E-state index in [2.05, 4.69) is 30.6 Å². The summed E-state index contributed by atoms with van der Waals surface area (Å²) in [6.07, 6.45) is 6.53. The molecule has 1 aliphatic rings. The number of ether oxygens (including phenoxy) is 1. The molecule has 1 aliphatic heterocycles. The number of aromatic nitrogens is 4. The van der Waals surface area contributed by atoms with Gasteiger partial charge in [0.1, 0.15) is 11.6 Å². The smallest absolute Gasteiger partial charge is 0.256 e. The van der Waals surface area contributed by atoms with Crippen LogP contribution in [0.15, 0.2) is 61.2 Å². The second kappa shape index (κ2) is 8.64. The minimum Gasteiger partial charge on any atom is -0.476 e. The van der Waals surface area contributed by atoms with Crippen LogP contribution in [0.1, 0.15) is 10.4 Å². The fourth-order valence-corrected chi connectivity index (χ4v) is 3.26. The van der Waals surface area contributed by atoms with E-state index in [1.54, 1.807) is 30.9 Å². The molecule has 1 aromatic carbocycles. The standard InChI is InChI=1S/C23H19FN6O2/c24-18-3-1-15(2-4-18)23(31)30-21-6-16-5-17(9-27-19(16)11-28-21)20-10-26-12-22(29-20)32-13-14-7-25-8-14/h1-6,9-12,14,25H,7-8,13H2,(H,28,30,31). The number of nitrogens with one attached hydrogen (secondary N) is 2. The molecule has 1 saturated heterocycles. The predicted octanol–water partition coefficient (Wildman–Crippen LogP) is 3.08. The van der Waals surface area contributed by atoms with Crippen LogP contribution in [0.3, 0.4) is 0 Å². The Hall–Kier alpha value is -3.98. The van der Waals surface area contributed by atoms with Gasteiger partial charge in [-0.1, -0.05) is 0 Å². The van der Waals surface area contributed by atoms with E-state index in [4.69, 9.17) is 4.74 Å². The molecule has 0 aliphatic carbocycles. The normalized spacial score (nSPS) is 13.5. The highest BCUT2D eigenvalue weighted by molar-refractivity contribution is 6.04. The maximum Gasteiger partial charge on any atom is 0.256 e. The van der Waals surface area contributed by atoms with Crippen molar-refractivity contribution >= 4 is 22.6 Å². The summed E-state index contributed by atoms with van der Waals surface area (Å²) < 4.78 is 18.8. The molecule has 8 nitrogen and oxygen atoms in total. The quantitative estimate of drug-likeness (QED) is 0.485. The number of carbonyl (C=O) groups excluding carboxylic acids is 1. The molecular weight excluding hydrogens is 411 g/mol. The van der Waals surface area contributed by atoms with Crippen molar-refractivity contribution in [2.45, 2.75) is 0 Å². The van der Waals surface area contributed by atoms with E-state index in [1.165, 1.54) is 24.3 Å². The van der Waals surface area contributed by atoms with E-state index in [9.17, 15) is 9.18 Å². The number of carbonyl (C=O) groups is 1. The van der Waals surface area contributed by atoms with E-state index in [0.717, 1.165) is 24.0 Å². The highest BCUT2D eigenvalue weighted by atomic mass is 19.1. The van der Waals surface area contributed by atoms with E-state index in [1.807, 2.05) is 6.07 Å². The molecule has 2 N–H and O–H groups in total. The van der Waals surface area contributed by atoms with Crippen LogP contribution in [0.2, 0.25) is 0 Å². The molecule has 5 rings (SSSR count). The van der Waals surface area contributed by atoms with E-state index in [0.29, 0.717) is 41.0 Å². The van der Waals surface area contributed by atoms with Gasteiger partial charge in [-0.2, -0.15) is 0 Å². The van der Waals surface area contributed by atoms with E-state index >= 15 is 0 Å². The van der Waals surface area contributed by atoms with Gasteiger partial charge in [0.15, 0.2) is 0 Å². The van der Waals surface area contributed by atoms with Gasteiger partial charge in [-0.15, -0.1) is 0 Å². The minimum absolute atomic E-state index is 0.338. The Labute approximate surface area is 182 Å². The molecule has 0 spiro atoms. The molecule has 4 aromatic rings. The summed E-state index contributed by atoms with van der Waals surface area (Å²) >= 11 is 0. The van der Waals surface area contributed by atoms with Gasteiger partial charge >= 0.3 is 0 Å². The molecule has 0 atom stereocenters. The number of halogens is 1. The number of pyridine rings is 2. The summed E-state index contributed by atoms with van der Waals surface area (Å²) in [6, 6.07) is 8.94. The lowest BCUT2D eigenvalue weighted by molar-refractivity contribution is 0.102. The van der Waals surface area contributed by atoms with Crippen LogP contribution in [-0.2, 0) is 0 Å². The molecule has 1 fully saturated rings. The van der Waals surface area contributed by atoms with Crippen molar-refractivity contribution in [2.24, 2.45) is 5.92 Å². The molecule has 32 heavy (non-hydrogen) atoms. The van der Waals surface area contributed by atoms with Gasteiger partial charge in [0, 0.05) is 41.7 Å². The SMILES string of the molecule is O=C(Nc1cc2cc(-c3cncc(OCC4CNC4)n3)cnc2cn1)c1ccc(F)cc1. The van der Waals surface area contributed by atoms with Gasteiger partial charge in [-0.05, 0) is 36.4 Å². The van der Waals surface area contributed by atoms with Crippen molar-refractivity contribution in [1.82, 2.24) is 25.3 Å². The number of fused-ring (bicyclic) bond motifs is 1. The lowest BCUT2D eigenvalue weighted by atomic mass is 10.1. The Bertz CT molecular complexity index is 1280. The van der Waals surface area contributed by atoms with Crippen molar-refractivity contribution in [2.75, 3.05) is 25.0 Å². The molecular formula is C23H19FN6O2. The summed E-state index contributed by atoms with van der Waals surface area (Å²) in [4.78, 5) is 29.8. The van der Waals surface area contributed by atoms with Crippen LogP contribution >= 0.6 is 0 Å².